The Morgan fingerprint density at radius 3 is 2.52 bits per heavy atom. The first-order valence-electron chi connectivity index (χ1n) is 7.10. The molecule has 3 rings (SSSR count). The van der Waals surface area contributed by atoms with Crippen LogP contribution in [0.4, 0.5) is 5.69 Å². The maximum Gasteiger partial charge on any atom is 0.280 e. The van der Waals surface area contributed by atoms with Gasteiger partial charge in [0.1, 0.15) is 5.75 Å². The van der Waals surface area contributed by atoms with Crippen molar-refractivity contribution in [3.8, 4) is 5.75 Å². The monoisotopic (exact) mass is 370 g/mol. The van der Waals surface area contributed by atoms with Crippen molar-refractivity contribution in [3.63, 3.8) is 0 Å². The Kier molecular flexibility index (Phi) is 4.30. The molecule has 4 nitrogen and oxygen atoms in total. The van der Waals surface area contributed by atoms with Gasteiger partial charge in [-0.25, -0.2) is 0 Å². The molecule has 1 aliphatic rings. The van der Waals surface area contributed by atoms with Crippen LogP contribution in [0.15, 0.2) is 63.7 Å². The lowest BCUT2D eigenvalue weighted by Crippen LogP contribution is -2.21. The number of carbonyl (C=O) groups is 1. The number of amides is 1. The van der Waals surface area contributed by atoms with Gasteiger partial charge in [0, 0.05) is 10.0 Å². The van der Waals surface area contributed by atoms with Gasteiger partial charge >= 0.3 is 0 Å². The van der Waals surface area contributed by atoms with Gasteiger partial charge in [-0.2, -0.15) is 10.1 Å². The molecule has 5 heteroatoms. The number of para-hydroxylation sites is 1. The summed E-state index contributed by atoms with van der Waals surface area (Å²) in [5, 5.41) is 5.80. The Labute approximate surface area is 143 Å². The lowest BCUT2D eigenvalue weighted by Gasteiger charge is -2.11. The van der Waals surface area contributed by atoms with Crippen LogP contribution in [0.5, 0.6) is 5.75 Å². The van der Waals surface area contributed by atoms with Crippen LogP contribution in [0.3, 0.4) is 0 Å². The molecule has 0 saturated carbocycles. The number of ether oxygens (including phenoxy) is 1. The Morgan fingerprint density at radius 1 is 1.13 bits per heavy atom. The quantitative estimate of drug-likeness (QED) is 0.757. The fourth-order valence-corrected chi connectivity index (χ4v) is 2.65. The summed E-state index contributed by atoms with van der Waals surface area (Å²) in [7, 11) is 1.61. The van der Waals surface area contributed by atoms with Crippen molar-refractivity contribution in [1.82, 2.24) is 0 Å². The van der Waals surface area contributed by atoms with Crippen LogP contribution in [0.2, 0.25) is 0 Å². The summed E-state index contributed by atoms with van der Waals surface area (Å²) in [5.41, 5.74) is 2.84. The molecule has 0 unspecified atom stereocenters. The molecule has 0 aliphatic carbocycles. The lowest BCUT2D eigenvalue weighted by molar-refractivity contribution is -0.114. The summed E-state index contributed by atoms with van der Waals surface area (Å²) in [6.45, 7) is 1.83. The maximum atomic E-state index is 12.7. The van der Waals surface area contributed by atoms with Gasteiger partial charge in [-0.05, 0) is 43.3 Å². The third-order valence-electron chi connectivity index (χ3n) is 3.57. The number of anilines is 1. The molecule has 0 N–H and O–H groups in total. The summed E-state index contributed by atoms with van der Waals surface area (Å²) >= 11 is 3.39. The first kappa shape index (κ1) is 15.5. The van der Waals surface area contributed by atoms with Crippen molar-refractivity contribution >= 4 is 39.3 Å². The van der Waals surface area contributed by atoms with E-state index in [4.69, 9.17) is 4.74 Å². The Hall–Kier alpha value is -2.40. The second-order valence-corrected chi connectivity index (χ2v) is 5.99. The van der Waals surface area contributed by atoms with Crippen molar-refractivity contribution in [2.24, 2.45) is 5.10 Å². The van der Waals surface area contributed by atoms with Gasteiger partial charge in [0.05, 0.1) is 24.1 Å². The highest BCUT2D eigenvalue weighted by Gasteiger charge is 2.28. The Bertz CT molecular complexity index is 810. The van der Waals surface area contributed by atoms with E-state index in [-0.39, 0.29) is 5.91 Å². The summed E-state index contributed by atoms with van der Waals surface area (Å²) in [6.07, 6.45) is 1.82. The first-order valence-corrected chi connectivity index (χ1v) is 7.90. The normalized spacial score (nSPS) is 16.0. The number of carbonyl (C=O) groups excluding carboxylic acids is 1. The van der Waals surface area contributed by atoms with Gasteiger partial charge in [0.2, 0.25) is 0 Å². The van der Waals surface area contributed by atoms with E-state index in [9.17, 15) is 4.79 Å². The molecule has 23 heavy (non-hydrogen) atoms. The lowest BCUT2D eigenvalue weighted by atomic mass is 10.1. The number of benzene rings is 2. The van der Waals surface area contributed by atoms with E-state index < -0.39 is 0 Å². The molecule has 2 aromatic rings. The summed E-state index contributed by atoms with van der Waals surface area (Å²) in [4.78, 5) is 12.7. The van der Waals surface area contributed by atoms with Crippen LogP contribution in [0.25, 0.3) is 6.08 Å². The zero-order valence-corrected chi connectivity index (χ0v) is 14.4. The molecule has 0 saturated heterocycles. The average Bonchev–Trinajstić information content (AvgIpc) is 2.84. The minimum absolute atomic E-state index is 0.143. The standard InChI is InChI=1S/C18H15BrN2O2/c1-12-16(11-13-5-3-4-6-17(13)23-2)18(22)21(20-12)15-9-7-14(19)8-10-15/h3-11H,1-2H3/b16-11-. The number of rotatable bonds is 3. The number of nitrogens with zero attached hydrogens (tertiary/aromatic N) is 2. The predicted molar refractivity (Wildman–Crippen MR) is 95.7 cm³/mol. The third kappa shape index (κ3) is 3.05. The van der Waals surface area contributed by atoms with Crippen LogP contribution in [0, 0.1) is 0 Å². The van der Waals surface area contributed by atoms with E-state index in [2.05, 4.69) is 21.0 Å². The predicted octanol–water partition coefficient (Wildman–Crippen LogP) is 4.26. The Morgan fingerprint density at radius 2 is 1.83 bits per heavy atom. The largest absolute Gasteiger partial charge is 0.496 e. The van der Waals surface area contributed by atoms with Crippen LogP contribution in [-0.4, -0.2) is 18.7 Å². The molecule has 0 radical (unpaired) electrons. The molecule has 1 aliphatic heterocycles. The SMILES string of the molecule is COc1ccccc1/C=C1\C(=O)N(c2ccc(Br)cc2)N=C1C. The fourth-order valence-electron chi connectivity index (χ4n) is 2.38. The molecular formula is C18H15BrN2O2. The van der Waals surface area contributed by atoms with E-state index in [1.165, 1.54) is 5.01 Å². The zero-order valence-electron chi connectivity index (χ0n) is 12.8. The van der Waals surface area contributed by atoms with Gasteiger partial charge in [0.15, 0.2) is 0 Å². The van der Waals surface area contributed by atoms with Crippen molar-refractivity contribution in [2.45, 2.75) is 6.92 Å². The fraction of sp³-hybridized carbons (Fsp3) is 0.111. The number of hydrogen-bond donors (Lipinski definition) is 0. The van der Waals surface area contributed by atoms with Crippen LogP contribution in [-0.2, 0) is 4.79 Å². The molecular weight excluding hydrogens is 356 g/mol. The number of hydrogen-bond acceptors (Lipinski definition) is 3. The molecule has 0 aromatic heterocycles. The summed E-state index contributed by atoms with van der Waals surface area (Å²) in [5.74, 6) is 0.582. The van der Waals surface area contributed by atoms with Crippen molar-refractivity contribution in [1.29, 1.82) is 0 Å². The zero-order chi connectivity index (χ0) is 16.4. The van der Waals surface area contributed by atoms with E-state index in [1.807, 2.05) is 61.5 Å². The van der Waals surface area contributed by atoms with Gasteiger partial charge in [-0.1, -0.05) is 34.1 Å². The number of halogens is 1. The molecule has 2 aromatic carbocycles. The molecule has 0 atom stereocenters. The topological polar surface area (TPSA) is 41.9 Å². The summed E-state index contributed by atoms with van der Waals surface area (Å²) in [6, 6.07) is 15.1. The van der Waals surface area contributed by atoms with Crippen LogP contribution >= 0.6 is 15.9 Å². The van der Waals surface area contributed by atoms with Gasteiger partial charge < -0.3 is 4.74 Å². The molecule has 116 valence electrons. The minimum Gasteiger partial charge on any atom is -0.496 e. The van der Waals surface area contributed by atoms with E-state index in [0.717, 1.165) is 21.5 Å². The highest BCUT2D eigenvalue weighted by molar-refractivity contribution is 9.10. The van der Waals surface area contributed by atoms with Crippen molar-refractivity contribution < 1.29 is 9.53 Å². The van der Waals surface area contributed by atoms with E-state index in [0.29, 0.717) is 11.3 Å². The van der Waals surface area contributed by atoms with Gasteiger partial charge in [-0.3, -0.25) is 4.79 Å². The minimum atomic E-state index is -0.143. The highest BCUT2D eigenvalue weighted by atomic mass is 79.9. The maximum absolute atomic E-state index is 12.7. The van der Waals surface area contributed by atoms with Crippen LogP contribution < -0.4 is 9.75 Å². The van der Waals surface area contributed by atoms with Crippen LogP contribution in [0.1, 0.15) is 12.5 Å². The van der Waals surface area contributed by atoms with Gasteiger partial charge in [-0.15, -0.1) is 0 Å². The smallest absolute Gasteiger partial charge is 0.280 e. The summed E-state index contributed by atoms with van der Waals surface area (Å²) < 4.78 is 6.29. The molecule has 0 bridgehead atoms. The molecule has 1 heterocycles. The van der Waals surface area contributed by atoms with E-state index in [1.54, 1.807) is 7.11 Å². The molecule has 1 amide bonds. The molecule has 0 fully saturated rings. The number of methoxy groups -OCH3 is 1. The Balaban J connectivity index is 1.97. The van der Waals surface area contributed by atoms with Crippen molar-refractivity contribution in [2.75, 3.05) is 12.1 Å². The second-order valence-electron chi connectivity index (χ2n) is 5.08. The van der Waals surface area contributed by atoms with E-state index >= 15 is 0 Å². The average molecular weight is 371 g/mol. The highest BCUT2D eigenvalue weighted by Crippen LogP contribution is 2.28. The second kappa shape index (κ2) is 6.38. The first-order chi connectivity index (χ1) is 11.1. The number of hydrazone groups is 1. The van der Waals surface area contributed by atoms with Gasteiger partial charge in [0.25, 0.3) is 5.91 Å². The molecule has 0 spiro atoms. The third-order valence-corrected chi connectivity index (χ3v) is 4.10. The van der Waals surface area contributed by atoms with Crippen molar-refractivity contribution in [3.05, 3.63) is 64.1 Å².